The minimum Gasteiger partial charge on any atom is -0.363 e. The quantitative estimate of drug-likeness (QED) is 0.560. The van der Waals surface area contributed by atoms with Crippen molar-refractivity contribution in [3.63, 3.8) is 0 Å². The van der Waals surface area contributed by atoms with Gasteiger partial charge in [0.25, 0.3) is 10.1 Å². The number of hydrogen-bond donors (Lipinski definition) is 3. The molecule has 0 bridgehead atoms. The standard InChI is InChI=1S/C9H12N2O3S2/c1-2-10-9(15)11-7-3-5-8(6-4-7)16(12,13)14/h3-6H,2H2,1H3,(H2,10,11,15)(H,12,13,14). The SMILES string of the molecule is CCNC(=S)Nc1ccc(S(=O)(=O)O)cc1. The monoisotopic (exact) mass is 260 g/mol. The number of rotatable bonds is 3. The van der Waals surface area contributed by atoms with Gasteiger partial charge in [-0.15, -0.1) is 0 Å². The van der Waals surface area contributed by atoms with E-state index in [0.717, 1.165) is 0 Å². The molecule has 0 radical (unpaired) electrons. The van der Waals surface area contributed by atoms with Gasteiger partial charge in [0, 0.05) is 12.2 Å². The first-order valence-corrected chi connectivity index (χ1v) is 6.40. The second kappa shape index (κ2) is 5.24. The molecule has 0 heterocycles. The molecule has 0 unspecified atom stereocenters. The lowest BCUT2D eigenvalue weighted by Gasteiger charge is -2.08. The van der Waals surface area contributed by atoms with Crippen molar-refractivity contribution in [1.82, 2.24) is 5.32 Å². The highest BCUT2D eigenvalue weighted by atomic mass is 32.2. The zero-order chi connectivity index (χ0) is 12.2. The number of benzene rings is 1. The molecule has 1 rings (SSSR count). The molecular weight excluding hydrogens is 248 g/mol. The van der Waals surface area contributed by atoms with Gasteiger partial charge in [-0.25, -0.2) is 0 Å². The van der Waals surface area contributed by atoms with Crippen molar-refractivity contribution in [2.75, 3.05) is 11.9 Å². The molecule has 0 spiro atoms. The van der Waals surface area contributed by atoms with Gasteiger partial charge < -0.3 is 10.6 Å². The van der Waals surface area contributed by atoms with Gasteiger partial charge in [-0.3, -0.25) is 4.55 Å². The molecule has 3 N–H and O–H groups in total. The van der Waals surface area contributed by atoms with Crippen LogP contribution in [0.2, 0.25) is 0 Å². The van der Waals surface area contributed by atoms with E-state index >= 15 is 0 Å². The molecule has 16 heavy (non-hydrogen) atoms. The van der Waals surface area contributed by atoms with Crippen molar-refractivity contribution in [2.45, 2.75) is 11.8 Å². The summed E-state index contributed by atoms with van der Waals surface area (Å²) in [5.41, 5.74) is 0.651. The summed E-state index contributed by atoms with van der Waals surface area (Å²) >= 11 is 4.95. The van der Waals surface area contributed by atoms with Crippen LogP contribution in [0.25, 0.3) is 0 Å². The van der Waals surface area contributed by atoms with E-state index < -0.39 is 10.1 Å². The third-order valence-electron chi connectivity index (χ3n) is 1.75. The first-order chi connectivity index (χ1) is 7.43. The maximum absolute atomic E-state index is 10.8. The molecule has 5 nitrogen and oxygen atoms in total. The van der Waals surface area contributed by atoms with E-state index in [1.807, 2.05) is 6.92 Å². The van der Waals surface area contributed by atoms with Crippen LogP contribution in [-0.2, 0) is 10.1 Å². The Morgan fingerprint density at radius 3 is 2.38 bits per heavy atom. The number of nitrogens with one attached hydrogen (secondary N) is 2. The molecule has 0 aliphatic rings. The van der Waals surface area contributed by atoms with Crippen LogP contribution in [0.4, 0.5) is 5.69 Å². The Labute approximate surface area is 99.6 Å². The number of anilines is 1. The average Bonchev–Trinajstić information content (AvgIpc) is 2.17. The maximum atomic E-state index is 10.8. The summed E-state index contributed by atoms with van der Waals surface area (Å²) < 4.78 is 30.3. The second-order valence-electron chi connectivity index (χ2n) is 2.98. The molecule has 0 atom stereocenters. The summed E-state index contributed by atoms with van der Waals surface area (Å²) in [5, 5.41) is 6.22. The van der Waals surface area contributed by atoms with Crippen LogP contribution in [0.3, 0.4) is 0 Å². The summed E-state index contributed by atoms with van der Waals surface area (Å²) in [6.45, 7) is 2.62. The lowest BCUT2D eigenvalue weighted by atomic mass is 10.3. The van der Waals surface area contributed by atoms with Crippen molar-refractivity contribution < 1.29 is 13.0 Å². The van der Waals surface area contributed by atoms with Crippen molar-refractivity contribution in [2.24, 2.45) is 0 Å². The Balaban J connectivity index is 2.76. The van der Waals surface area contributed by atoms with E-state index in [9.17, 15) is 8.42 Å². The highest BCUT2D eigenvalue weighted by Gasteiger charge is 2.08. The topological polar surface area (TPSA) is 78.4 Å². The lowest BCUT2D eigenvalue weighted by Crippen LogP contribution is -2.27. The largest absolute Gasteiger partial charge is 0.363 e. The fourth-order valence-electron chi connectivity index (χ4n) is 1.05. The second-order valence-corrected chi connectivity index (χ2v) is 4.81. The van der Waals surface area contributed by atoms with Gasteiger partial charge in [0.1, 0.15) is 0 Å². The first kappa shape index (κ1) is 12.9. The van der Waals surface area contributed by atoms with Crippen molar-refractivity contribution in [1.29, 1.82) is 0 Å². The van der Waals surface area contributed by atoms with E-state index in [1.54, 1.807) is 0 Å². The highest BCUT2D eigenvalue weighted by Crippen LogP contribution is 2.13. The average molecular weight is 260 g/mol. The minimum absolute atomic E-state index is 0.146. The van der Waals surface area contributed by atoms with E-state index in [2.05, 4.69) is 10.6 Å². The number of thiocarbonyl (C=S) groups is 1. The lowest BCUT2D eigenvalue weighted by molar-refractivity contribution is 0.483. The molecule has 0 aliphatic heterocycles. The molecule has 0 amide bonds. The normalized spacial score (nSPS) is 10.9. The van der Waals surface area contributed by atoms with Gasteiger partial charge in [-0.1, -0.05) is 0 Å². The Hall–Kier alpha value is -1.18. The van der Waals surface area contributed by atoms with Crippen LogP contribution >= 0.6 is 12.2 Å². The first-order valence-electron chi connectivity index (χ1n) is 4.56. The number of hydrogen-bond acceptors (Lipinski definition) is 3. The summed E-state index contributed by atoms with van der Waals surface area (Å²) in [6, 6.07) is 5.64. The molecule has 88 valence electrons. The Kier molecular flexibility index (Phi) is 4.22. The van der Waals surface area contributed by atoms with Crippen molar-refractivity contribution in [3.05, 3.63) is 24.3 Å². The van der Waals surface area contributed by atoms with Crippen LogP contribution in [-0.4, -0.2) is 24.6 Å². The molecule has 1 aromatic carbocycles. The molecule has 0 saturated carbocycles. The fourth-order valence-corrected chi connectivity index (χ4v) is 1.79. The third kappa shape index (κ3) is 3.76. The molecule has 7 heteroatoms. The summed E-state index contributed by atoms with van der Waals surface area (Å²) in [5.74, 6) is 0. The van der Waals surface area contributed by atoms with Gasteiger partial charge in [0.2, 0.25) is 0 Å². The predicted octanol–water partition coefficient (Wildman–Crippen LogP) is 1.24. The Morgan fingerprint density at radius 1 is 1.38 bits per heavy atom. The van der Waals surface area contributed by atoms with Crippen LogP contribution in [0.1, 0.15) is 6.92 Å². The van der Waals surface area contributed by atoms with Gasteiger partial charge >= 0.3 is 0 Å². The van der Waals surface area contributed by atoms with Gasteiger partial charge in [-0.05, 0) is 43.4 Å². The summed E-state index contributed by atoms with van der Waals surface area (Å²) in [4.78, 5) is -0.146. The smallest absolute Gasteiger partial charge is 0.294 e. The van der Waals surface area contributed by atoms with Crippen molar-refractivity contribution >= 4 is 33.1 Å². The molecule has 0 fully saturated rings. The van der Waals surface area contributed by atoms with Crippen LogP contribution < -0.4 is 10.6 Å². The predicted molar refractivity (Wildman–Crippen MR) is 66.2 cm³/mol. The molecule has 1 aromatic rings. The third-order valence-corrected chi connectivity index (χ3v) is 2.86. The Morgan fingerprint density at radius 2 is 1.94 bits per heavy atom. The van der Waals surface area contributed by atoms with E-state index in [0.29, 0.717) is 17.3 Å². The zero-order valence-electron chi connectivity index (χ0n) is 8.60. The highest BCUT2D eigenvalue weighted by molar-refractivity contribution is 7.85. The van der Waals surface area contributed by atoms with Crippen molar-refractivity contribution in [3.8, 4) is 0 Å². The van der Waals surface area contributed by atoms with Gasteiger partial charge in [0.15, 0.2) is 5.11 Å². The molecule has 0 saturated heterocycles. The van der Waals surface area contributed by atoms with Gasteiger partial charge in [0.05, 0.1) is 4.90 Å². The Bertz CT molecular complexity index is 468. The van der Waals surface area contributed by atoms with E-state index in [4.69, 9.17) is 16.8 Å². The van der Waals surface area contributed by atoms with Crippen LogP contribution in [0.15, 0.2) is 29.2 Å². The summed E-state index contributed by atoms with van der Waals surface area (Å²) in [6.07, 6.45) is 0. The van der Waals surface area contributed by atoms with Gasteiger partial charge in [-0.2, -0.15) is 8.42 Å². The molecular formula is C9H12N2O3S2. The van der Waals surface area contributed by atoms with Crippen LogP contribution in [0.5, 0.6) is 0 Å². The van der Waals surface area contributed by atoms with Crippen LogP contribution in [0, 0.1) is 0 Å². The molecule has 0 aromatic heterocycles. The summed E-state index contributed by atoms with van der Waals surface area (Å²) in [7, 11) is -4.13. The fraction of sp³-hybridized carbons (Fsp3) is 0.222. The minimum atomic E-state index is -4.13. The maximum Gasteiger partial charge on any atom is 0.294 e. The molecule has 0 aliphatic carbocycles. The zero-order valence-corrected chi connectivity index (χ0v) is 10.2. The van der Waals surface area contributed by atoms with E-state index in [1.165, 1.54) is 24.3 Å². The van der Waals surface area contributed by atoms with E-state index in [-0.39, 0.29) is 4.90 Å².